The van der Waals surface area contributed by atoms with Crippen LogP contribution in [0.4, 0.5) is 5.69 Å². The fourth-order valence-electron chi connectivity index (χ4n) is 2.30. The lowest BCUT2D eigenvalue weighted by Crippen LogP contribution is -2.12. The Balaban J connectivity index is 2.69. The van der Waals surface area contributed by atoms with Crippen molar-refractivity contribution in [3.63, 3.8) is 0 Å². The molecule has 0 fully saturated rings. The van der Waals surface area contributed by atoms with E-state index in [9.17, 15) is 4.79 Å². The van der Waals surface area contributed by atoms with Gasteiger partial charge in [0.25, 0.3) is 0 Å². The summed E-state index contributed by atoms with van der Waals surface area (Å²) in [5.41, 5.74) is 4.76. The van der Waals surface area contributed by atoms with Crippen molar-refractivity contribution in [2.75, 3.05) is 19.0 Å². The number of benzene rings is 1. The molecule has 3 nitrogen and oxygen atoms in total. The van der Waals surface area contributed by atoms with Crippen molar-refractivity contribution in [1.29, 1.82) is 0 Å². The summed E-state index contributed by atoms with van der Waals surface area (Å²) in [4.78, 5) is 17.1. The van der Waals surface area contributed by atoms with Gasteiger partial charge in [-0.25, -0.2) is 0 Å². The Morgan fingerprint density at radius 2 is 1.78 bits per heavy atom. The number of hydrogen-bond acceptors (Lipinski definition) is 2. The fourth-order valence-corrected chi connectivity index (χ4v) is 2.30. The predicted octanol–water partition coefficient (Wildman–Crippen LogP) is 3.26. The number of Topliss-reactive ketones (excluding diaryl/α,β-unsaturated/α-hetero) is 1. The van der Waals surface area contributed by atoms with Crippen LogP contribution >= 0.6 is 0 Å². The molecule has 1 heterocycles. The van der Waals surface area contributed by atoms with Crippen molar-refractivity contribution in [2.24, 2.45) is 0 Å². The summed E-state index contributed by atoms with van der Waals surface area (Å²) in [6.07, 6.45) is 0. The van der Waals surface area contributed by atoms with Gasteiger partial charge in [-0.3, -0.25) is 4.79 Å². The zero-order chi connectivity index (χ0) is 13.3. The molecule has 0 bridgehead atoms. The summed E-state index contributed by atoms with van der Waals surface area (Å²) >= 11 is 0. The highest BCUT2D eigenvalue weighted by Crippen LogP contribution is 2.34. The van der Waals surface area contributed by atoms with E-state index in [1.807, 2.05) is 56.3 Å². The minimum Gasteiger partial charge on any atom is -0.375 e. The lowest BCUT2D eigenvalue weighted by atomic mass is 10.1. The molecular formula is C15H18N2O. The Hall–Kier alpha value is -2.03. The molecule has 0 unspecified atom stereocenters. The normalized spacial score (nSPS) is 10.4. The Kier molecular flexibility index (Phi) is 3.24. The molecule has 0 atom stereocenters. The third kappa shape index (κ3) is 2.04. The average molecular weight is 242 g/mol. The molecule has 1 N–H and O–H groups in total. The van der Waals surface area contributed by atoms with Crippen LogP contribution in [0.15, 0.2) is 30.3 Å². The Labute approximate surface area is 107 Å². The molecule has 1 aromatic carbocycles. The first-order chi connectivity index (χ1) is 8.52. The average Bonchev–Trinajstić information content (AvgIpc) is 2.68. The van der Waals surface area contributed by atoms with Crippen molar-refractivity contribution >= 4 is 11.5 Å². The Bertz CT molecular complexity index is 568. The second-order valence-corrected chi connectivity index (χ2v) is 4.67. The van der Waals surface area contributed by atoms with Crippen molar-refractivity contribution < 1.29 is 4.79 Å². The van der Waals surface area contributed by atoms with E-state index in [1.54, 1.807) is 6.92 Å². The summed E-state index contributed by atoms with van der Waals surface area (Å²) in [7, 11) is 3.92. The van der Waals surface area contributed by atoms with Crippen molar-refractivity contribution in [3.8, 4) is 11.3 Å². The minimum absolute atomic E-state index is 0.0923. The van der Waals surface area contributed by atoms with Gasteiger partial charge >= 0.3 is 0 Å². The maximum Gasteiger partial charge on any atom is 0.163 e. The quantitative estimate of drug-likeness (QED) is 0.839. The number of rotatable bonds is 3. The molecule has 0 radical (unpaired) electrons. The van der Waals surface area contributed by atoms with Crippen LogP contribution in [0.2, 0.25) is 0 Å². The summed E-state index contributed by atoms with van der Waals surface area (Å²) in [5, 5.41) is 0. The molecule has 0 saturated heterocycles. The van der Waals surface area contributed by atoms with Crippen molar-refractivity contribution in [1.82, 2.24) is 4.98 Å². The number of nitrogens with one attached hydrogen (secondary N) is 1. The van der Waals surface area contributed by atoms with Crippen LogP contribution in [-0.2, 0) is 0 Å². The van der Waals surface area contributed by atoms with Crippen LogP contribution < -0.4 is 4.90 Å². The third-order valence-corrected chi connectivity index (χ3v) is 3.02. The van der Waals surface area contributed by atoms with Gasteiger partial charge in [-0.05, 0) is 13.8 Å². The third-order valence-electron chi connectivity index (χ3n) is 3.02. The number of aryl methyl sites for hydroxylation is 1. The van der Waals surface area contributed by atoms with Gasteiger partial charge in [0.2, 0.25) is 0 Å². The largest absolute Gasteiger partial charge is 0.375 e. The van der Waals surface area contributed by atoms with E-state index in [-0.39, 0.29) is 5.78 Å². The minimum atomic E-state index is 0.0923. The zero-order valence-corrected chi connectivity index (χ0v) is 11.2. The van der Waals surface area contributed by atoms with Gasteiger partial charge in [-0.15, -0.1) is 0 Å². The number of H-pyrrole nitrogens is 1. The molecule has 2 rings (SSSR count). The molecule has 1 aromatic heterocycles. The Morgan fingerprint density at radius 1 is 1.17 bits per heavy atom. The Morgan fingerprint density at radius 3 is 2.28 bits per heavy atom. The molecule has 0 aliphatic carbocycles. The molecule has 94 valence electrons. The first kappa shape index (κ1) is 12.4. The fraction of sp³-hybridized carbons (Fsp3) is 0.267. The number of carbonyl (C=O) groups excluding carboxylic acids is 1. The van der Waals surface area contributed by atoms with Crippen LogP contribution in [-0.4, -0.2) is 24.9 Å². The maximum absolute atomic E-state index is 11.8. The number of nitrogens with zero attached hydrogens (tertiary/aromatic N) is 1. The van der Waals surface area contributed by atoms with Gasteiger partial charge < -0.3 is 9.88 Å². The first-order valence-corrected chi connectivity index (χ1v) is 5.98. The number of hydrogen-bond donors (Lipinski definition) is 1. The summed E-state index contributed by atoms with van der Waals surface area (Å²) in [6, 6.07) is 10.1. The molecule has 3 heteroatoms. The number of carbonyl (C=O) groups is 1. The highest BCUT2D eigenvalue weighted by molar-refractivity contribution is 6.04. The molecule has 0 aliphatic rings. The van der Waals surface area contributed by atoms with Crippen LogP contribution in [0.5, 0.6) is 0 Å². The molecular weight excluding hydrogens is 224 g/mol. The topological polar surface area (TPSA) is 36.1 Å². The number of anilines is 1. The van der Waals surface area contributed by atoms with Crippen LogP contribution in [0.25, 0.3) is 11.3 Å². The zero-order valence-electron chi connectivity index (χ0n) is 11.2. The number of aromatic amines is 1. The number of aromatic nitrogens is 1. The lowest BCUT2D eigenvalue weighted by molar-refractivity contribution is 0.101. The number of ketones is 1. The standard InChI is InChI=1S/C15H18N2O/c1-10-13(11(2)18)15(17(3)4)14(16-10)12-8-6-5-7-9-12/h5-9,16H,1-4H3. The summed E-state index contributed by atoms with van der Waals surface area (Å²) in [6.45, 7) is 3.55. The van der Waals surface area contributed by atoms with E-state index in [0.717, 1.165) is 28.2 Å². The van der Waals surface area contributed by atoms with Crippen molar-refractivity contribution in [2.45, 2.75) is 13.8 Å². The van der Waals surface area contributed by atoms with Gasteiger partial charge in [0.05, 0.1) is 16.9 Å². The molecule has 0 aliphatic heterocycles. The summed E-state index contributed by atoms with van der Waals surface area (Å²) < 4.78 is 0. The SMILES string of the molecule is CC(=O)c1c(C)[nH]c(-c2ccccc2)c1N(C)C. The molecule has 0 saturated carbocycles. The highest BCUT2D eigenvalue weighted by Gasteiger charge is 2.20. The first-order valence-electron chi connectivity index (χ1n) is 5.98. The highest BCUT2D eigenvalue weighted by atomic mass is 16.1. The van der Waals surface area contributed by atoms with Gasteiger partial charge in [0.1, 0.15) is 0 Å². The van der Waals surface area contributed by atoms with E-state index in [2.05, 4.69) is 4.98 Å². The molecule has 0 spiro atoms. The van der Waals surface area contributed by atoms with Crippen LogP contribution in [0.1, 0.15) is 23.0 Å². The van der Waals surface area contributed by atoms with E-state index < -0.39 is 0 Å². The van der Waals surface area contributed by atoms with Crippen molar-refractivity contribution in [3.05, 3.63) is 41.6 Å². The van der Waals surface area contributed by atoms with Gasteiger partial charge in [-0.2, -0.15) is 0 Å². The van der Waals surface area contributed by atoms with E-state index in [0.29, 0.717) is 0 Å². The van der Waals surface area contributed by atoms with E-state index >= 15 is 0 Å². The summed E-state index contributed by atoms with van der Waals surface area (Å²) in [5.74, 6) is 0.0923. The van der Waals surface area contributed by atoms with E-state index in [4.69, 9.17) is 0 Å². The monoisotopic (exact) mass is 242 g/mol. The predicted molar refractivity (Wildman–Crippen MR) is 75.3 cm³/mol. The van der Waals surface area contributed by atoms with Crippen LogP contribution in [0.3, 0.4) is 0 Å². The second-order valence-electron chi connectivity index (χ2n) is 4.67. The smallest absolute Gasteiger partial charge is 0.163 e. The van der Waals surface area contributed by atoms with Crippen LogP contribution in [0, 0.1) is 6.92 Å². The van der Waals surface area contributed by atoms with Gasteiger partial charge in [0.15, 0.2) is 5.78 Å². The molecule has 0 amide bonds. The van der Waals surface area contributed by atoms with Gasteiger partial charge in [-0.1, -0.05) is 30.3 Å². The molecule has 2 aromatic rings. The second kappa shape index (κ2) is 4.69. The maximum atomic E-state index is 11.8. The van der Waals surface area contributed by atoms with E-state index in [1.165, 1.54) is 0 Å². The van der Waals surface area contributed by atoms with Gasteiger partial charge in [0, 0.05) is 25.4 Å². The lowest BCUT2D eigenvalue weighted by Gasteiger charge is -2.15. The molecule has 18 heavy (non-hydrogen) atoms.